The van der Waals surface area contributed by atoms with Crippen molar-refractivity contribution >= 4 is 29.1 Å². The summed E-state index contributed by atoms with van der Waals surface area (Å²) in [6.07, 6.45) is 1.02. The van der Waals surface area contributed by atoms with Gasteiger partial charge in [-0.25, -0.2) is 9.59 Å². The summed E-state index contributed by atoms with van der Waals surface area (Å²) in [5, 5.41) is 0. The fraction of sp³-hybridized carbons (Fsp3) is 0.152. The van der Waals surface area contributed by atoms with Crippen molar-refractivity contribution in [1.29, 1.82) is 0 Å². The number of ether oxygens (including phenoxy) is 2. The van der Waals surface area contributed by atoms with Crippen LogP contribution in [0.2, 0.25) is 0 Å². The van der Waals surface area contributed by atoms with Crippen molar-refractivity contribution in [3.63, 3.8) is 0 Å². The molecule has 204 valence electrons. The molecule has 0 radical (unpaired) electrons. The minimum Gasteiger partial charge on any atom is -0.452 e. The Morgan fingerprint density at radius 3 is 1.45 bits per heavy atom. The maximum Gasteiger partial charge on any atom is 0.414 e. The minimum absolute atomic E-state index is 0.305. The van der Waals surface area contributed by atoms with Crippen LogP contribution in [0.25, 0.3) is 5.57 Å². The van der Waals surface area contributed by atoms with E-state index in [9.17, 15) is 9.59 Å². The van der Waals surface area contributed by atoms with Crippen LogP contribution >= 0.6 is 0 Å². The molecule has 2 amide bonds. The van der Waals surface area contributed by atoms with Crippen molar-refractivity contribution in [3.05, 3.63) is 138 Å². The van der Waals surface area contributed by atoms with E-state index in [1.54, 1.807) is 9.80 Å². The van der Waals surface area contributed by atoms with Crippen LogP contribution in [0.3, 0.4) is 0 Å². The third kappa shape index (κ3) is 6.95. The van der Waals surface area contributed by atoms with Gasteiger partial charge in [0.15, 0.2) is 0 Å². The highest BCUT2D eigenvalue weighted by Gasteiger charge is 2.20. The number of rotatable bonds is 9. The van der Waals surface area contributed by atoms with E-state index in [2.05, 4.69) is 0 Å². The van der Waals surface area contributed by atoms with Crippen molar-refractivity contribution < 1.29 is 19.1 Å². The van der Waals surface area contributed by atoms with Crippen LogP contribution in [0.5, 0.6) is 0 Å². The van der Waals surface area contributed by atoms with Crippen LogP contribution in [0.1, 0.15) is 22.3 Å². The molecule has 0 aliphatic rings. The first-order valence-electron chi connectivity index (χ1n) is 12.9. The fourth-order valence-electron chi connectivity index (χ4n) is 4.48. The Balaban J connectivity index is 1.70. The molecule has 4 aromatic carbocycles. The molecule has 4 rings (SSSR count). The molecule has 7 heteroatoms. The number of hydrogen-bond acceptors (Lipinski definition) is 5. The highest BCUT2D eigenvalue weighted by molar-refractivity contribution is 5.91. The summed E-state index contributed by atoms with van der Waals surface area (Å²) in [4.78, 5) is 28.7. The van der Waals surface area contributed by atoms with Crippen LogP contribution in [0.15, 0.2) is 115 Å². The van der Waals surface area contributed by atoms with Gasteiger partial charge in [0.1, 0.15) is 0 Å². The molecule has 0 aliphatic carbocycles. The van der Waals surface area contributed by atoms with Crippen molar-refractivity contribution in [2.75, 3.05) is 30.6 Å². The number of anilines is 2. The molecule has 2 N–H and O–H groups in total. The van der Waals surface area contributed by atoms with Gasteiger partial charge in [0.2, 0.25) is 0 Å². The number of methoxy groups -OCH3 is 2. The molecule has 0 aliphatic heterocycles. The topological polar surface area (TPSA) is 85.1 Å². The van der Waals surface area contributed by atoms with Crippen molar-refractivity contribution in [2.24, 2.45) is 5.73 Å². The van der Waals surface area contributed by atoms with Gasteiger partial charge < -0.3 is 15.2 Å². The second-order valence-electron chi connectivity index (χ2n) is 9.04. The van der Waals surface area contributed by atoms with Gasteiger partial charge in [0.05, 0.1) is 27.3 Å². The number of nitrogens with two attached hydrogens (primary N) is 1. The third-order valence-electron chi connectivity index (χ3n) is 6.42. The SMILES string of the molecule is COC(=O)N(Cc1ccccc1)c1cccc(C(=CCN)c2cccc(N(Cc3ccccc3)C(=O)OC)c2)c1. The van der Waals surface area contributed by atoms with E-state index in [4.69, 9.17) is 15.2 Å². The molecule has 0 saturated carbocycles. The molecule has 7 nitrogen and oxygen atoms in total. The Morgan fingerprint density at radius 1 is 0.650 bits per heavy atom. The number of nitrogens with zero attached hydrogens (tertiary/aromatic N) is 2. The van der Waals surface area contributed by atoms with E-state index in [1.807, 2.05) is 115 Å². The summed E-state index contributed by atoms with van der Waals surface area (Å²) in [7, 11) is 2.75. The lowest BCUT2D eigenvalue weighted by molar-refractivity contribution is 0.177. The van der Waals surface area contributed by atoms with Gasteiger partial charge in [-0.2, -0.15) is 0 Å². The molecule has 0 atom stereocenters. The Morgan fingerprint density at radius 2 is 1.07 bits per heavy atom. The summed E-state index contributed by atoms with van der Waals surface area (Å²) in [6, 6.07) is 34.8. The second kappa shape index (κ2) is 13.8. The van der Waals surface area contributed by atoms with E-state index >= 15 is 0 Å². The van der Waals surface area contributed by atoms with Gasteiger partial charge in [0, 0.05) is 17.9 Å². The average molecular weight is 536 g/mol. The van der Waals surface area contributed by atoms with Gasteiger partial charge in [-0.05, 0) is 52.1 Å². The zero-order chi connectivity index (χ0) is 28.3. The maximum atomic E-state index is 12.8. The second-order valence-corrected chi connectivity index (χ2v) is 9.04. The first-order chi connectivity index (χ1) is 19.5. The number of carbonyl (C=O) groups excluding carboxylic acids is 2. The fourth-order valence-corrected chi connectivity index (χ4v) is 4.48. The predicted molar refractivity (Wildman–Crippen MR) is 159 cm³/mol. The predicted octanol–water partition coefficient (Wildman–Crippen LogP) is 6.62. The van der Waals surface area contributed by atoms with Crippen LogP contribution in [0.4, 0.5) is 21.0 Å². The molecule has 0 spiro atoms. The molecule has 0 unspecified atom stereocenters. The zero-order valence-corrected chi connectivity index (χ0v) is 22.7. The van der Waals surface area contributed by atoms with Gasteiger partial charge in [-0.15, -0.1) is 0 Å². The molecular formula is C33H33N3O4. The molecule has 0 bridgehead atoms. The van der Waals surface area contributed by atoms with E-state index in [-0.39, 0.29) is 0 Å². The Kier molecular flexibility index (Phi) is 9.69. The first-order valence-corrected chi connectivity index (χ1v) is 12.9. The maximum absolute atomic E-state index is 12.8. The number of carbonyl (C=O) groups is 2. The van der Waals surface area contributed by atoms with E-state index < -0.39 is 12.2 Å². The van der Waals surface area contributed by atoms with Gasteiger partial charge in [-0.3, -0.25) is 9.80 Å². The number of hydrogen-bond donors (Lipinski definition) is 1. The highest BCUT2D eigenvalue weighted by Crippen LogP contribution is 2.31. The molecule has 0 fully saturated rings. The van der Waals surface area contributed by atoms with E-state index in [0.29, 0.717) is 31.0 Å². The molecule has 0 heterocycles. The standard InChI is InChI=1S/C33H33N3O4/c1-39-32(37)35(23-25-11-5-3-6-12-25)29-17-9-15-27(21-29)31(19-20-34)28-16-10-18-30(22-28)36(33(38)40-2)24-26-13-7-4-8-14-26/h3-19,21-22H,20,23-24,34H2,1-2H3. The lowest BCUT2D eigenvalue weighted by Crippen LogP contribution is -2.30. The molecular weight excluding hydrogens is 502 g/mol. The Bertz CT molecular complexity index is 1350. The van der Waals surface area contributed by atoms with Gasteiger partial charge in [-0.1, -0.05) is 91.0 Å². The minimum atomic E-state index is -0.456. The van der Waals surface area contributed by atoms with Crippen LogP contribution in [0, 0.1) is 0 Å². The summed E-state index contributed by atoms with van der Waals surface area (Å²) < 4.78 is 10.2. The summed E-state index contributed by atoms with van der Waals surface area (Å²) in [5.41, 5.74) is 11.9. The van der Waals surface area contributed by atoms with Crippen molar-refractivity contribution in [2.45, 2.75) is 13.1 Å². The highest BCUT2D eigenvalue weighted by atomic mass is 16.5. The normalized spacial score (nSPS) is 10.4. The van der Waals surface area contributed by atoms with Gasteiger partial charge in [0.25, 0.3) is 0 Å². The molecule has 40 heavy (non-hydrogen) atoms. The van der Waals surface area contributed by atoms with Crippen LogP contribution < -0.4 is 15.5 Å². The Hall–Kier alpha value is -4.88. The lowest BCUT2D eigenvalue weighted by Gasteiger charge is -2.23. The molecule has 4 aromatic rings. The zero-order valence-electron chi connectivity index (χ0n) is 22.7. The summed E-state index contributed by atoms with van der Waals surface area (Å²) >= 11 is 0. The van der Waals surface area contributed by atoms with Crippen molar-refractivity contribution in [1.82, 2.24) is 0 Å². The van der Waals surface area contributed by atoms with E-state index in [1.165, 1.54) is 14.2 Å². The molecule has 0 saturated heterocycles. The summed E-state index contributed by atoms with van der Waals surface area (Å²) in [5.74, 6) is 0. The number of benzene rings is 4. The monoisotopic (exact) mass is 535 g/mol. The first kappa shape index (κ1) is 28.1. The summed E-state index contributed by atoms with van der Waals surface area (Å²) in [6.45, 7) is 1.02. The lowest BCUT2D eigenvalue weighted by atomic mass is 9.96. The van der Waals surface area contributed by atoms with Gasteiger partial charge >= 0.3 is 12.2 Å². The molecule has 0 aromatic heterocycles. The Labute approximate surface area is 235 Å². The number of amides is 2. The largest absolute Gasteiger partial charge is 0.452 e. The van der Waals surface area contributed by atoms with Crippen LogP contribution in [-0.4, -0.2) is 33.0 Å². The third-order valence-corrected chi connectivity index (χ3v) is 6.42. The van der Waals surface area contributed by atoms with Crippen molar-refractivity contribution in [3.8, 4) is 0 Å². The smallest absolute Gasteiger partial charge is 0.414 e. The quantitative estimate of drug-likeness (QED) is 0.260. The van der Waals surface area contributed by atoms with Crippen LogP contribution in [-0.2, 0) is 22.6 Å². The van der Waals surface area contributed by atoms with E-state index in [0.717, 1.165) is 27.8 Å². The average Bonchev–Trinajstić information content (AvgIpc) is 3.01.